The van der Waals surface area contributed by atoms with Gasteiger partial charge in [-0.25, -0.2) is 4.39 Å². The van der Waals surface area contributed by atoms with Crippen molar-refractivity contribution in [3.8, 4) is 16.9 Å². The van der Waals surface area contributed by atoms with Crippen molar-refractivity contribution in [2.75, 3.05) is 5.73 Å². The van der Waals surface area contributed by atoms with E-state index in [0.717, 1.165) is 0 Å². The van der Waals surface area contributed by atoms with Crippen molar-refractivity contribution in [2.24, 2.45) is 0 Å². The van der Waals surface area contributed by atoms with Gasteiger partial charge in [-0.1, -0.05) is 18.2 Å². The summed E-state index contributed by atoms with van der Waals surface area (Å²) < 4.78 is 41.4. The highest BCUT2D eigenvalue weighted by Crippen LogP contribution is 2.30. The zero-order valence-corrected chi connectivity index (χ0v) is 9.24. The smallest absolute Gasteiger partial charge is 0.387 e. The fourth-order valence-electron chi connectivity index (χ4n) is 1.55. The largest absolute Gasteiger partial charge is 0.433 e. The minimum Gasteiger partial charge on any atom is -0.433 e. The van der Waals surface area contributed by atoms with Gasteiger partial charge in [0, 0.05) is 0 Å². The number of rotatable bonds is 3. The predicted octanol–water partition coefficient (Wildman–Crippen LogP) is 3.68. The molecule has 5 heteroatoms. The highest BCUT2D eigenvalue weighted by Gasteiger charge is 2.09. The fourth-order valence-corrected chi connectivity index (χ4v) is 1.55. The lowest BCUT2D eigenvalue weighted by molar-refractivity contribution is -0.0492. The second kappa shape index (κ2) is 5.00. The van der Waals surface area contributed by atoms with Crippen molar-refractivity contribution in [3.63, 3.8) is 0 Å². The average Bonchev–Trinajstić information content (AvgIpc) is 2.32. The van der Waals surface area contributed by atoms with Gasteiger partial charge in [0.25, 0.3) is 0 Å². The summed E-state index contributed by atoms with van der Waals surface area (Å²) >= 11 is 0. The van der Waals surface area contributed by atoms with Crippen LogP contribution in [0.25, 0.3) is 11.1 Å². The summed E-state index contributed by atoms with van der Waals surface area (Å²) in [7, 11) is 0. The van der Waals surface area contributed by atoms with Crippen molar-refractivity contribution in [3.05, 3.63) is 48.3 Å². The summed E-state index contributed by atoms with van der Waals surface area (Å²) in [5.74, 6) is -0.454. The molecule has 18 heavy (non-hydrogen) atoms. The monoisotopic (exact) mass is 253 g/mol. The quantitative estimate of drug-likeness (QED) is 0.847. The second-order valence-electron chi connectivity index (χ2n) is 3.64. The average molecular weight is 253 g/mol. The Kier molecular flexibility index (Phi) is 3.41. The molecule has 0 spiro atoms. The molecule has 0 saturated heterocycles. The Hall–Kier alpha value is -2.17. The lowest BCUT2D eigenvalue weighted by Crippen LogP contribution is -2.04. The molecule has 0 fully saturated rings. The minimum atomic E-state index is -2.93. The van der Waals surface area contributed by atoms with E-state index in [4.69, 9.17) is 5.73 Å². The van der Waals surface area contributed by atoms with Crippen LogP contribution >= 0.6 is 0 Å². The van der Waals surface area contributed by atoms with Gasteiger partial charge in [0.15, 0.2) is 0 Å². The first-order valence-corrected chi connectivity index (χ1v) is 5.16. The number of halogens is 3. The number of nitrogen functional groups attached to an aromatic ring is 1. The van der Waals surface area contributed by atoms with E-state index in [1.807, 2.05) is 0 Å². The van der Waals surface area contributed by atoms with Crippen molar-refractivity contribution in [1.29, 1.82) is 0 Å². The number of ether oxygens (including phenoxy) is 1. The third-order valence-electron chi connectivity index (χ3n) is 2.41. The maximum atomic E-state index is 12.8. The molecular formula is C13H10F3NO. The van der Waals surface area contributed by atoms with E-state index in [1.54, 1.807) is 18.2 Å². The molecule has 2 aromatic rings. The van der Waals surface area contributed by atoms with Crippen LogP contribution in [0.5, 0.6) is 5.75 Å². The molecule has 0 atom stereocenters. The first kappa shape index (κ1) is 12.3. The zero-order valence-electron chi connectivity index (χ0n) is 9.24. The fraction of sp³-hybridized carbons (Fsp3) is 0.0769. The van der Waals surface area contributed by atoms with Crippen LogP contribution in [0.2, 0.25) is 0 Å². The number of nitrogens with two attached hydrogens (primary N) is 1. The van der Waals surface area contributed by atoms with E-state index in [1.165, 1.54) is 24.3 Å². The minimum absolute atomic E-state index is 0.0909. The number of alkyl halides is 2. The third kappa shape index (κ3) is 2.74. The van der Waals surface area contributed by atoms with E-state index in [9.17, 15) is 13.2 Å². The topological polar surface area (TPSA) is 35.2 Å². The molecule has 2 rings (SSSR count). The van der Waals surface area contributed by atoms with Crippen LogP contribution in [-0.2, 0) is 0 Å². The SMILES string of the molecule is Nc1ccc(-c2ccc(F)cc2)cc1OC(F)F. The van der Waals surface area contributed by atoms with E-state index in [0.29, 0.717) is 11.1 Å². The predicted molar refractivity (Wildman–Crippen MR) is 62.9 cm³/mol. The molecule has 2 nitrogen and oxygen atoms in total. The van der Waals surface area contributed by atoms with Crippen molar-refractivity contribution in [2.45, 2.75) is 6.61 Å². The molecule has 0 aliphatic carbocycles. The number of benzene rings is 2. The molecule has 2 N–H and O–H groups in total. The normalized spacial score (nSPS) is 10.7. The van der Waals surface area contributed by atoms with Crippen LogP contribution in [0, 0.1) is 5.82 Å². The van der Waals surface area contributed by atoms with Crippen LogP contribution in [0.4, 0.5) is 18.9 Å². The Morgan fingerprint density at radius 1 is 0.944 bits per heavy atom. The van der Waals surface area contributed by atoms with Gasteiger partial charge >= 0.3 is 6.61 Å². The van der Waals surface area contributed by atoms with Crippen LogP contribution < -0.4 is 10.5 Å². The Labute approximate surface area is 102 Å². The van der Waals surface area contributed by atoms with Gasteiger partial charge in [-0.05, 0) is 35.4 Å². The van der Waals surface area contributed by atoms with Gasteiger partial charge < -0.3 is 10.5 Å². The number of hydrogen-bond donors (Lipinski definition) is 1. The van der Waals surface area contributed by atoms with Gasteiger partial charge in [-0.2, -0.15) is 8.78 Å². The van der Waals surface area contributed by atoms with Gasteiger partial charge in [-0.3, -0.25) is 0 Å². The van der Waals surface area contributed by atoms with E-state index in [-0.39, 0.29) is 17.3 Å². The molecule has 0 aromatic heterocycles. The maximum Gasteiger partial charge on any atom is 0.387 e. The van der Waals surface area contributed by atoms with Crippen molar-refractivity contribution >= 4 is 5.69 Å². The first-order valence-electron chi connectivity index (χ1n) is 5.16. The summed E-state index contributed by atoms with van der Waals surface area (Å²) in [5.41, 5.74) is 6.96. The lowest BCUT2D eigenvalue weighted by atomic mass is 10.0. The van der Waals surface area contributed by atoms with E-state index in [2.05, 4.69) is 4.74 Å². The molecule has 0 amide bonds. The van der Waals surface area contributed by atoms with Crippen molar-refractivity contribution in [1.82, 2.24) is 0 Å². The Bertz CT molecular complexity index is 540. The van der Waals surface area contributed by atoms with Gasteiger partial charge in [-0.15, -0.1) is 0 Å². The van der Waals surface area contributed by atoms with Gasteiger partial charge in [0.2, 0.25) is 0 Å². The summed E-state index contributed by atoms with van der Waals surface area (Å²) in [4.78, 5) is 0. The summed E-state index contributed by atoms with van der Waals surface area (Å²) in [5, 5.41) is 0. The molecule has 0 aliphatic rings. The summed E-state index contributed by atoms with van der Waals surface area (Å²) in [6, 6.07) is 10.2. The third-order valence-corrected chi connectivity index (χ3v) is 2.41. The summed E-state index contributed by atoms with van der Waals surface area (Å²) in [6.07, 6.45) is 0. The van der Waals surface area contributed by atoms with Gasteiger partial charge in [0.05, 0.1) is 5.69 Å². The summed E-state index contributed by atoms with van der Waals surface area (Å²) in [6.45, 7) is -2.93. The molecule has 0 radical (unpaired) electrons. The Morgan fingerprint density at radius 2 is 1.56 bits per heavy atom. The van der Waals surface area contributed by atoms with Gasteiger partial charge in [0.1, 0.15) is 11.6 Å². The first-order chi connectivity index (χ1) is 8.56. The number of hydrogen-bond acceptors (Lipinski definition) is 2. The van der Waals surface area contributed by atoms with Crippen molar-refractivity contribution < 1.29 is 17.9 Å². The Balaban J connectivity index is 2.37. The molecular weight excluding hydrogens is 243 g/mol. The van der Waals surface area contributed by atoms with E-state index >= 15 is 0 Å². The molecule has 0 aliphatic heterocycles. The molecule has 94 valence electrons. The maximum absolute atomic E-state index is 12.8. The van der Waals surface area contributed by atoms with Crippen LogP contribution in [0.15, 0.2) is 42.5 Å². The standard InChI is InChI=1S/C13H10F3NO/c14-10-4-1-8(2-5-10)9-3-6-11(17)12(7-9)18-13(15)16/h1-7,13H,17H2. The lowest BCUT2D eigenvalue weighted by Gasteiger charge is -2.10. The molecule has 0 unspecified atom stereocenters. The molecule has 0 saturated carbocycles. The molecule has 0 bridgehead atoms. The highest BCUT2D eigenvalue weighted by atomic mass is 19.3. The highest BCUT2D eigenvalue weighted by molar-refractivity contribution is 5.69. The Morgan fingerprint density at radius 3 is 2.17 bits per heavy atom. The van der Waals surface area contributed by atoms with Crippen LogP contribution in [0.1, 0.15) is 0 Å². The number of anilines is 1. The van der Waals surface area contributed by atoms with Crippen LogP contribution in [0.3, 0.4) is 0 Å². The molecule has 2 aromatic carbocycles. The van der Waals surface area contributed by atoms with E-state index < -0.39 is 6.61 Å². The molecule has 0 heterocycles. The second-order valence-corrected chi connectivity index (χ2v) is 3.64. The zero-order chi connectivity index (χ0) is 13.1. The van der Waals surface area contributed by atoms with Crippen LogP contribution in [-0.4, -0.2) is 6.61 Å².